The van der Waals surface area contributed by atoms with Crippen molar-refractivity contribution in [2.24, 2.45) is 0 Å². The van der Waals surface area contributed by atoms with Crippen LogP contribution in [-0.2, 0) is 0 Å². The van der Waals surface area contributed by atoms with Crippen LogP contribution in [0.5, 0.6) is 0 Å². The topological polar surface area (TPSA) is 15.3 Å². The predicted molar refractivity (Wildman–Crippen MR) is 64.1 cm³/mol. The number of rotatable bonds is 4. The number of piperazine rings is 1. The van der Waals surface area contributed by atoms with Crippen molar-refractivity contribution in [2.45, 2.75) is 18.9 Å². The van der Waals surface area contributed by atoms with Crippen molar-refractivity contribution in [1.82, 2.24) is 10.2 Å². The van der Waals surface area contributed by atoms with Crippen LogP contribution in [0.1, 0.15) is 18.0 Å². The zero-order chi connectivity index (χ0) is 14.7. The van der Waals surface area contributed by atoms with E-state index in [1.807, 2.05) is 0 Å². The molecular formula is C13H15F5N2. The van der Waals surface area contributed by atoms with Gasteiger partial charge in [0.25, 0.3) is 0 Å². The minimum Gasteiger partial charge on any atom is -0.314 e. The highest BCUT2D eigenvalue weighted by Crippen LogP contribution is 2.31. The highest BCUT2D eigenvalue weighted by Gasteiger charge is 2.29. The van der Waals surface area contributed by atoms with Gasteiger partial charge in [-0.15, -0.1) is 0 Å². The molecule has 2 rings (SSSR count). The van der Waals surface area contributed by atoms with E-state index in [1.165, 1.54) is 0 Å². The molecule has 0 bridgehead atoms. The first kappa shape index (κ1) is 15.2. The van der Waals surface area contributed by atoms with Gasteiger partial charge in [0.05, 0.1) is 0 Å². The lowest BCUT2D eigenvalue weighted by Crippen LogP contribution is -2.45. The van der Waals surface area contributed by atoms with E-state index in [1.54, 1.807) is 4.90 Å². The summed E-state index contributed by atoms with van der Waals surface area (Å²) in [6.45, 7) is 2.09. The summed E-state index contributed by atoms with van der Waals surface area (Å²) < 4.78 is 65.5. The van der Waals surface area contributed by atoms with Gasteiger partial charge in [0.15, 0.2) is 17.5 Å². The Balaban J connectivity index is 2.32. The third-order valence-electron chi connectivity index (χ3n) is 3.42. The Morgan fingerprint density at radius 3 is 2.30 bits per heavy atom. The van der Waals surface area contributed by atoms with Crippen LogP contribution in [0.15, 0.2) is 12.1 Å². The Morgan fingerprint density at radius 1 is 1.05 bits per heavy atom. The molecule has 1 aromatic carbocycles. The summed E-state index contributed by atoms with van der Waals surface area (Å²) in [5.41, 5.74) is -0.217. The van der Waals surface area contributed by atoms with Crippen molar-refractivity contribution >= 4 is 0 Å². The zero-order valence-electron chi connectivity index (χ0n) is 10.7. The van der Waals surface area contributed by atoms with Gasteiger partial charge < -0.3 is 5.32 Å². The Bertz CT molecular complexity index is 460. The maximum Gasteiger partial charge on any atom is 0.240 e. The van der Waals surface area contributed by atoms with Crippen LogP contribution in [0.4, 0.5) is 22.0 Å². The fourth-order valence-corrected chi connectivity index (χ4v) is 2.43. The summed E-state index contributed by atoms with van der Waals surface area (Å²) in [7, 11) is 0. The number of nitrogens with one attached hydrogen (secondary N) is 1. The lowest BCUT2D eigenvalue weighted by atomic mass is 10.00. The maximum atomic E-state index is 13.8. The van der Waals surface area contributed by atoms with Gasteiger partial charge in [-0.05, 0) is 6.07 Å². The highest BCUT2D eigenvalue weighted by molar-refractivity contribution is 5.24. The monoisotopic (exact) mass is 294 g/mol. The molecule has 20 heavy (non-hydrogen) atoms. The first-order chi connectivity index (χ1) is 9.50. The molecule has 0 spiro atoms. The molecule has 0 radical (unpaired) electrons. The van der Waals surface area contributed by atoms with Crippen LogP contribution in [0, 0.1) is 17.5 Å². The average Bonchev–Trinajstić information content (AvgIpc) is 2.44. The second-order valence-electron chi connectivity index (χ2n) is 4.69. The molecular weight excluding hydrogens is 279 g/mol. The van der Waals surface area contributed by atoms with Gasteiger partial charge in [-0.2, -0.15) is 0 Å². The molecule has 0 aromatic heterocycles. The van der Waals surface area contributed by atoms with Gasteiger partial charge in [0, 0.05) is 44.2 Å². The van der Waals surface area contributed by atoms with Crippen molar-refractivity contribution in [3.8, 4) is 0 Å². The van der Waals surface area contributed by atoms with Crippen LogP contribution in [0.25, 0.3) is 0 Å². The Hall–Kier alpha value is -1.21. The fraction of sp³-hybridized carbons (Fsp3) is 0.538. The van der Waals surface area contributed by atoms with E-state index in [4.69, 9.17) is 0 Å². The molecule has 0 saturated carbocycles. The van der Waals surface area contributed by atoms with E-state index in [0.717, 1.165) is 12.1 Å². The Labute approximate surface area is 113 Å². The summed E-state index contributed by atoms with van der Waals surface area (Å²) in [6, 6.07) is 0.865. The van der Waals surface area contributed by atoms with Crippen LogP contribution >= 0.6 is 0 Å². The second kappa shape index (κ2) is 6.49. The highest BCUT2D eigenvalue weighted by atomic mass is 19.3. The number of hydrogen-bond acceptors (Lipinski definition) is 2. The number of nitrogens with zero attached hydrogens (tertiary/aromatic N) is 1. The van der Waals surface area contributed by atoms with Crippen LogP contribution in [0.2, 0.25) is 0 Å². The normalized spacial score (nSPS) is 18.5. The first-order valence-electron chi connectivity index (χ1n) is 6.37. The summed E-state index contributed by atoms with van der Waals surface area (Å²) in [5.74, 6) is -4.31. The number of halogens is 5. The van der Waals surface area contributed by atoms with Gasteiger partial charge in [0.1, 0.15) is 0 Å². The standard InChI is InChI=1S/C13H15F5N2/c14-9-2-1-8(12(17)13(9)18)10(7-11(15)16)20-5-3-19-4-6-20/h1-2,10-11,19H,3-7H2/t10-/m1/s1. The molecule has 1 N–H and O–H groups in total. The van der Waals surface area contributed by atoms with Crippen LogP contribution in [-0.4, -0.2) is 37.5 Å². The smallest absolute Gasteiger partial charge is 0.240 e. The van der Waals surface area contributed by atoms with E-state index >= 15 is 0 Å². The minimum absolute atomic E-state index is 0.217. The summed E-state index contributed by atoms with van der Waals surface area (Å²) in [5, 5.41) is 3.05. The molecule has 1 atom stereocenters. The lowest BCUT2D eigenvalue weighted by Gasteiger charge is -2.35. The summed E-state index contributed by atoms with van der Waals surface area (Å²) in [6.07, 6.45) is -3.26. The molecule has 0 aliphatic carbocycles. The minimum atomic E-state index is -2.65. The van der Waals surface area contributed by atoms with E-state index in [0.29, 0.717) is 26.2 Å². The van der Waals surface area contributed by atoms with Gasteiger partial charge in [0.2, 0.25) is 6.43 Å². The van der Waals surface area contributed by atoms with Crippen molar-refractivity contribution < 1.29 is 22.0 Å². The van der Waals surface area contributed by atoms with Crippen LogP contribution in [0.3, 0.4) is 0 Å². The quantitative estimate of drug-likeness (QED) is 0.678. The molecule has 0 amide bonds. The molecule has 2 nitrogen and oxygen atoms in total. The Kier molecular flexibility index (Phi) is 4.93. The second-order valence-corrected chi connectivity index (χ2v) is 4.69. The number of benzene rings is 1. The average molecular weight is 294 g/mol. The van der Waals surface area contributed by atoms with E-state index in [9.17, 15) is 22.0 Å². The van der Waals surface area contributed by atoms with Gasteiger partial charge in [-0.1, -0.05) is 6.07 Å². The van der Waals surface area contributed by atoms with Crippen molar-refractivity contribution in [3.63, 3.8) is 0 Å². The van der Waals surface area contributed by atoms with Crippen LogP contribution < -0.4 is 5.32 Å². The van der Waals surface area contributed by atoms with Gasteiger partial charge in [-0.3, -0.25) is 4.90 Å². The SMILES string of the molecule is Fc1ccc([C@@H](CC(F)F)N2CCNCC2)c(F)c1F. The van der Waals surface area contributed by atoms with Crippen molar-refractivity contribution in [3.05, 3.63) is 35.1 Å². The molecule has 1 aliphatic rings. The molecule has 1 aliphatic heterocycles. The fourth-order valence-electron chi connectivity index (χ4n) is 2.43. The molecule has 0 unspecified atom stereocenters. The van der Waals surface area contributed by atoms with Crippen molar-refractivity contribution in [2.75, 3.05) is 26.2 Å². The maximum absolute atomic E-state index is 13.8. The van der Waals surface area contributed by atoms with Crippen molar-refractivity contribution in [1.29, 1.82) is 0 Å². The number of hydrogen-bond donors (Lipinski definition) is 1. The third kappa shape index (κ3) is 3.27. The van der Waals surface area contributed by atoms with Gasteiger partial charge >= 0.3 is 0 Å². The van der Waals surface area contributed by atoms with Gasteiger partial charge in [-0.25, -0.2) is 22.0 Å². The molecule has 1 fully saturated rings. The zero-order valence-corrected chi connectivity index (χ0v) is 10.7. The molecule has 1 saturated heterocycles. The first-order valence-corrected chi connectivity index (χ1v) is 6.37. The Morgan fingerprint density at radius 2 is 1.70 bits per heavy atom. The summed E-state index contributed by atoms with van der Waals surface area (Å²) >= 11 is 0. The third-order valence-corrected chi connectivity index (χ3v) is 3.42. The number of alkyl halides is 2. The van der Waals surface area contributed by atoms with E-state index < -0.39 is 36.3 Å². The predicted octanol–water partition coefficient (Wildman–Crippen LogP) is 2.71. The largest absolute Gasteiger partial charge is 0.314 e. The van der Waals surface area contributed by atoms with E-state index in [2.05, 4.69) is 5.32 Å². The molecule has 1 aromatic rings. The lowest BCUT2D eigenvalue weighted by molar-refractivity contribution is 0.0721. The van der Waals surface area contributed by atoms with E-state index in [-0.39, 0.29) is 5.56 Å². The molecule has 1 heterocycles. The molecule has 7 heteroatoms. The summed E-state index contributed by atoms with van der Waals surface area (Å²) in [4.78, 5) is 1.67. The molecule has 112 valence electrons.